The van der Waals surface area contributed by atoms with Gasteiger partial charge in [-0.2, -0.15) is 0 Å². The van der Waals surface area contributed by atoms with E-state index < -0.39 is 0 Å². The summed E-state index contributed by atoms with van der Waals surface area (Å²) < 4.78 is 2.36. The maximum atomic E-state index is 5.82. The maximum Gasteiger partial charge on any atom is 0.205 e. The summed E-state index contributed by atoms with van der Waals surface area (Å²) in [7, 11) is 0. The Kier molecular flexibility index (Phi) is 2.82. The minimum Gasteiger partial charge on any atom is -0.339 e. The lowest BCUT2D eigenvalue weighted by atomic mass is 9.94. The van der Waals surface area contributed by atoms with Crippen LogP contribution in [0.15, 0.2) is 12.4 Å². The zero-order valence-corrected chi connectivity index (χ0v) is 10.5. The molecular formula is C13H22N4. The van der Waals surface area contributed by atoms with Gasteiger partial charge in [-0.15, -0.1) is 0 Å². The zero-order valence-electron chi connectivity index (χ0n) is 10.5. The summed E-state index contributed by atoms with van der Waals surface area (Å²) in [5.74, 6) is 1.80. The molecule has 1 aromatic heterocycles. The van der Waals surface area contributed by atoms with Crippen molar-refractivity contribution in [1.82, 2.24) is 9.55 Å². The molecule has 94 valence electrons. The molecule has 2 fully saturated rings. The summed E-state index contributed by atoms with van der Waals surface area (Å²) in [6, 6.07) is 1.30. The monoisotopic (exact) mass is 234 g/mol. The Morgan fingerprint density at radius 3 is 2.88 bits per heavy atom. The molecule has 3 rings (SSSR count). The average molecular weight is 234 g/mol. The molecule has 0 aromatic carbocycles. The van der Waals surface area contributed by atoms with E-state index in [0.29, 0.717) is 18.0 Å². The van der Waals surface area contributed by atoms with Gasteiger partial charge in [0.05, 0.1) is 0 Å². The molecule has 1 aliphatic heterocycles. The maximum absolute atomic E-state index is 5.82. The second-order valence-electron chi connectivity index (χ2n) is 5.55. The molecule has 0 bridgehead atoms. The van der Waals surface area contributed by atoms with Crippen molar-refractivity contribution in [3.05, 3.63) is 12.4 Å². The largest absolute Gasteiger partial charge is 0.339 e. The number of hydrogen-bond donors (Lipinski definition) is 1. The number of nitrogens with zero attached hydrogens (tertiary/aromatic N) is 3. The molecule has 0 radical (unpaired) electrons. The minimum atomic E-state index is 0.595. The van der Waals surface area contributed by atoms with E-state index in [1.54, 1.807) is 0 Å². The Balaban J connectivity index is 1.82. The van der Waals surface area contributed by atoms with Gasteiger partial charge in [0.25, 0.3) is 0 Å². The number of aromatic nitrogens is 2. The first-order valence-electron chi connectivity index (χ1n) is 6.79. The highest BCUT2D eigenvalue weighted by Crippen LogP contribution is 2.38. The third-order valence-electron chi connectivity index (χ3n) is 4.16. The summed E-state index contributed by atoms with van der Waals surface area (Å²) in [5.41, 5.74) is 5.82. The van der Waals surface area contributed by atoms with E-state index in [4.69, 9.17) is 5.73 Å². The number of rotatable bonds is 3. The van der Waals surface area contributed by atoms with Crippen LogP contribution in [0.2, 0.25) is 0 Å². The van der Waals surface area contributed by atoms with Crippen LogP contribution in [0.4, 0.5) is 5.95 Å². The summed E-state index contributed by atoms with van der Waals surface area (Å²) in [4.78, 5) is 7.03. The molecule has 2 N–H and O–H groups in total. The fraction of sp³-hybridized carbons (Fsp3) is 0.769. The smallest absolute Gasteiger partial charge is 0.205 e. The van der Waals surface area contributed by atoms with Crippen molar-refractivity contribution in [3.8, 4) is 0 Å². The first-order chi connectivity index (χ1) is 8.29. The van der Waals surface area contributed by atoms with Gasteiger partial charge in [0.1, 0.15) is 0 Å². The molecule has 1 saturated heterocycles. The van der Waals surface area contributed by atoms with Crippen LogP contribution in [-0.4, -0.2) is 28.7 Å². The van der Waals surface area contributed by atoms with E-state index in [2.05, 4.69) is 27.6 Å². The van der Waals surface area contributed by atoms with Crippen LogP contribution in [0.5, 0.6) is 0 Å². The molecule has 1 aromatic rings. The molecule has 4 nitrogen and oxygen atoms in total. The highest BCUT2D eigenvalue weighted by atomic mass is 15.3. The Morgan fingerprint density at radius 2 is 2.18 bits per heavy atom. The van der Waals surface area contributed by atoms with Gasteiger partial charge in [-0.25, -0.2) is 4.98 Å². The van der Waals surface area contributed by atoms with Crippen LogP contribution in [-0.2, 0) is 0 Å². The normalized spacial score (nSPS) is 29.6. The van der Waals surface area contributed by atoms with Crippen molar-refractivity contribution in [3.63, 3.8) is 0 Å². The SMILES string of the molecule is CC1CCC(CN)CN1c1nccn1C1CC1. The third kappa shape index (κ3) is 2.06. The molecule has 2 aliphatic rings. The molecular weight excluding hydrogens is 212 g/mol. The molecule has 0 spiro atoms. The molecule has 2 unspecified atom stereocenters. The van der Waals surface area contributed by atoms with Crippen molar-refractivity contribution in [1.29, 1.82) is 0 Å². The van der Waals surface area contributed by atoms with Crippen molar-refractivity contribution in [2.45, 2.75) is 44.7 Å². The van der Waals surface area contributed by atoms with E-state index in [1.165, 1.54) is 25.7 Å². The van der Waals surface area contributed by atoms with Gasteiger partial charge in [-0.1, -0.05) is 0 Å². The van der Waals surface area contributed by atoms with Crippen LogP contribution in [0.3, 0.4) is 0 Å². The lowest BCUT2D eigenvalue weighted by Crippen LogP contribution is -2.45. The van der Waals surface area contributed by atoms with Gasteiger partial charge in [0, 0.05) is 31.0 Å². The predicted molar refractivity (Wildman–Crippen MR) is 69.1 cm³/mol. The van der Waals surface area contributed by atoms with Crippen LogP contribution < -0.4 is 10.6 Å². The number of imidazole rings is 1. The minimum absolute atomic E-state index is 0.595. The quantitative estimate of drug-likeness (QED) is 0.867. The predicted octanol–water partition coefficient (Wildman–Crippen LogP) is 1.78. The highest BCUT2D eigenvalue weighted by Gasteiger charge is 2.31. The van der Waals surface area contributed by atoms with E-state index in [-0.39, 0.29) is 0 Å². The Hall–Kier alpha value is -1.03. The van der Waals surface area contributed by atoms with E-state index in [9.17, 15) is 0 Å². The van der Waals surface area contributed by atoms with Crippen LogP contribution >= 0.6 is 0 Å². The first kappa shape index (κ1) is 11.1. The van der Waals surface area contributed by atoms with E-state index >= 15 is 0 Å². The summed E-state index contributed by atoms with van der Waals surface area (Å²) in [6.07, 6.45) is 9.19. The zero-order chi connectivity index (χ0) is 11.8. The van der Waals surface area contributed by atoms with E-state index in [0.717, 1.165) is 19.0 Å². The standard InChI is InChI=1S/C13H22N4/c1-10-2-3-11(8-14)9-17(10)13-15-6-7-16(13)12-4-5-12/h6-7,10-12H,2-5,8-9,14H2,1H3. The van der Waals surface area contributed by atoms with Crippen molar-refractivity contribution >= 4 is 5.95 Å². The van der Waals surface area contributed by atoms with Gasteiger partial charge >= 0.3 is 0 Å². The average Bonchev–Trinajstić information content (AvgIpc) is 3.08. The van der Waals surface area contributed by atoms with Gasteiger partial charge in [-0.05, 0) is 45.1 Å². The third-order valence-corrected chi connectivity index (χ3v) is 4.16. The molecule has 1 saturated carbocycles. The fourth-order valence-corrected chi connectivity index (χ4v) is 2.82. The van der Waals surface area contributed by atoms with Gasteiger partial charge in [0.2, 0.25) is 5.95 Å². The van der Waals surface area contributed by atoms with Crippen LogP contribution in [0.25, 0.3) is 0 Å². The summed E-state index contributed by atoms with van der Waals surface area (Å²) in [5, 5.41) is 0. The molecule has 1 aliphatic carbocycles. The van der Waals surface area contributed by atoms with Crippen molar-refractivity contribution in [2.75, 3.05) is 18.0 Å². The van der Waals surface area contributed by atoms with E-state index in [1.807, 2.05) is 6.20 Å². The number of anilines is 1. The Morgan fingerprint density at radius 1 is 1.35 bits per heavy atom. The number of hydrogen-bond acceptors (Lipinski definition) is 3. The second-order valence-corrected chi connectivity index (χ2v) is 5.55. The lowest BCUT2D eigenvalue weighted by molar-refractivity contribution is 0.366. The Bertz CT molecular complexity index is 383. The number of nitrogens with two attached hydrogens (primary N) is 1. The highest BCUT2D eigenvalue weighted by molar-refractivity contribution is 5.35. The van der Waals surface area contributed by atoms with Gasteiger partial charge in [0.15, 0.2) is 0 Å². The Labute approximate surface area is 103 Å². The van der Waals surface area contributed by atoms with Crippen molar-refractivity contribution in [2.24, 2.45) is 11.7 Å². The molecule has 2 atom stereocenters. The second kappa shape index (κ2) is 4.33. The van der Waals surface area contributed by atoms with Crippen LogP contribution in [0.1, 0.15) is 38.6 Å². The molecule has 0 amide bonds. The van der Waals surface area contributed by atoms with Gasteiger partial charge < -0.3 is 15.2 Å². The first-order valence-corrected chi connectivity index (χ1v) is 6.79. The molecule has 2 heterocycles. The summed E-state index contributed by atoms with van der Waals surface area (Å²) >= 11 is 0. The van der Waals surface area contributed by atoms with Gasteiger partial charge in [-0.3, -0.25) is 0 Å². The molecule has 17 heavy (non-hydrogen) atoms. The van der Waals surface area contributed by atoms with Crippen molar-refractivity contribution < 1.29 is 0 Å². The molecule has 4 heteroatoms. The number of piperidine rings is 1. The fourth-order valence-electron chi connectivity index (χ4n) is 2.82. The lowest BCUT2D eigenvalue weighted by Gasteiger charge is -2.38. The summed E-state index contributed by atoms with van der Waals surface area (Å²) in [6.45, 7) is 4.17. The topological polar surface area (TPSA) is 47.1 Å². The van der Waals surface area contributed by atoms with Crippen LogP contribution in [0, 0.1) is 5.92 Å².